The van der Waals surface area contributed by atoms with Crippen molar-refractivity contribution in [2.24, 2.45) is 0 Å². The highest BCUT2D eigenvalue weighted by molar-refractivity contribution is 5.24. The molecular weight excluding hydrogens is 175 g/mol. The zero-order valence-corrected chi connectivity index (χ0v) is 6.48. The molecule has 0 fully saturated rings. The maximum absolute atomic E-state index is 12.7. The van der Waals surface area contributed by atoms with Crippen molar-refractivity contribution in [3.05, 3.63) is 36.5 Å². The molecule has 0 radical (unpaired) electrons. The second-order valence-electron chi connectivity index (χ2n) is 2.27. The molecule has 0 spiro atoms. The number of benzene rings is 1. The number of rotatable bonds is 2. The molecule has 2 aromatic rings. The first-order valence-corrected chi connectivity index (χ1v) is 3.54. The zero-order chi connectivity index (χ0) is 9.10. The summed E-state index contributed by atoms with van der Waals surface area (Å²) in [5, 5.41) is 3.41. The summed E-state index contributed by atoms with van der Waals surface area (Å²) in [5.41, 5.74) is 0. The minimum absolute atomic E-state index is 0.0607. The van der Waals surface area contributed by atoms with Gasteiger partial charge in [-0.15, -0.1) is 0 Å². The minimum Gasteiger partial charge on any atom is -0.422 e. The number of nitrogens with zero attached hydrogens (tertiary/aromatic N) is 2. The summed E-state index contributed by atoms with van der Waals surface area (Å²) in [6.45, 7) is 0. The van der Waals surface area contributed by atoms with Gasteiger partial charge in [0.25, 0.3) is 0 Å². The number of aromatic nitrogens is 2. The monoisotopic (exact) mass is 180 g/mol. The quantitative estimate of drug-likeness (QED) is 0.709. The largest absolute Gasteiger partial charge is 0.422 e. The van der Waals surface area contributed by atoms with Crippen LogP contribution in [0.15, 0.2) is 35.2 Å². The van der Waals surface area contributed by atoms with E-state index in [1.54, 1.807) is 6.07 Å². The number of hydrogen-bond acceptors (Lipinski definition) is 4. The van der Waals surface area contributed by atoms with Crippen LogP contribution in [0.5, 0.6) is 11.8 Å². The molecule has 13 heavy (non-hydrogen) atoms. The lowest BCUT2D eigenvalue weighted by molar-refractivity contribution is 0.365. The Hall–Kier alpha value is -1.91. The van der Waals surface area contributed by atoms with Crippen LogP contribution in [0.4, 0.5) is 4.39 Å². The van der Waals surface area contributed by atoms with E-state index in [1.807, 2.05) is 0 Å². The maximum Gasteiger partial charge on any atom is 0.359 e. The van der Waals surface area contributed by atoms with Gasteiger partial charge in [-0.25, -0.2) is 4.39 Å². The smallest absolute Gasteiger partial charge is 0.359 e. The average molecular weight is 180 g/mol. The van der Waals surface area contributed by atoms with E-state index in [2.05, 4.69) is 14.7 Å². The summed E-state index contributed by atoms with van der Waals surface area (Å²) >= 11 is 0. The average Bonchev–Trinajstić information content (AvgIpc) is 2.57. The summed E-state index contributed by atoms with van der Waals surface area (Å²) in [4.78, 5) is 3.62. The molecule has 1 aromatic carbocycles. The van der Waals surface area contributed by atoms with E-state index in [-0.39, 0.29) is 11.8 Å². The molecule has 0 aliphatic rings. The van der Waals surface area contributed by atoms with Crippen molar-refractivity contribution in [1.82, 2.24) is 10.1 Å². The highest BCUT2D eigenvalue weighted by atomic mass is 19.1. The third kappa shape index (κ3) is 1.81. The van der Waals surface area contributed by atoms with Gasteiger partial charge in [0, 0.05) is 6.07 Å². The molecule has 4 nitrogen and oxygen atoms in total. The van der Waals surface area contributed by atoms with Crippen LogP contribution >= 0.6 is 0 Å². The topological polar surface area (TPSA) is 48.2 Å². The molecule has 0 unspecified atom stereocenters. The van der Waals surface area contributed by atoms with Crippen molar-refractivity contribution in [2.75, 3.05) is 0 Å². The van der Waals surface area contributed by atoms with Crippen molar-refractivity contribution in [3.63, 3.8) is 0 Å². The molecule has 0 aliphatic carbocycles. The highest BCUT2D eigenvalue weighted by Gasteiger charge is 2.01. The van der Waals surface area contributed by atoms with Gasteiger partial charge in [-0.2, -0.15) is 4.98 Å². The van der Waals surface area contributed by atoms with Crippen LogP contribution in [0, 0.1) is 5.82 Å². The van der Waals surface area contributed by atoms with Gasteiger partial charge in [0.05, 0.1) is 0 Å². The molecule has 0 aliphatic heterocycles. The second kappa shape index (κ2) is 3.22. The molecule has 0 amide bonds. The van der Waals surface area contributed by atoms with Crippen LogP contribution in [0.2, 0.25) is 0 Å². The molecule has 0 bridgehead atoms. The van der Waals surface area contributed by atoms with E-state index < -0.39 is 0 Å². The van der Waals surface area contributed by atoms with Crippen LogP contribution < -0.4 is 4.74 Å². The number of hydrogen-bond donors (Lipinski definition) is 0. The third-order valence-corrected chi connectivity index (χ3v) is 1.35. The predicted octanol–water partition coefficient (Wildman–Crippen LogP) is 2.00. The summed E-state index contributed by atoms with van der Waals surface area (Å²) in [6, 6.07) is 5.74. The van der Waals surface area contributed by atoms with Gasteiger partial charge in [0.1, 0.15) is 11.6 Å². The fraction of sp³-hybridized carbons (Fsp3) is 0. The Kier molecular flexibility index (Phi) is 1.91. The molecule has 0 saturated carbocycles. The van der Waals surface area contributed by atoms with Crippen molar-refractivity contribution in [3.8, 4) is 11.8 Å². The molecule has 1 aromatic heterocycles. The first-order chi connectivity index (χ1) is 6.34. The van der Waals surface area contributed by atoms with Gasteiger partial charge < -0.3 is 9.26 Å². The molecule has 5 heteroatoms. The van der Waals surface area contributed by atoms with Gasteiger partial charge in [0.15, 0.2) is 0 Å². The summed E-state index contributed by atoms with van der Waals surface area (Å²) in [6.07, 6.45) is 1.13. The lowest BCUT2D eigenvalue weighted by Gasteiger charge is -1.98. The van der Waals surface area contributed by atoms with Crippen LogP contribution in [0.1, 0.15) is 0 Å². The van der Waals surface area contributed by atoms with Crippen LogP contribution in [-0.4, -0.2) is 10.1 Å². The molecule has 1 heterocycles. The van der Waals surface area contributed by atoms with Gasteiger partial charge in [0.2, 0.25) is 6.39 Å². The standard InChI is InChI=1S/C8H5FN2O2/c9-6-2-1-3-7(4-6)13-8-10-5-12-11-8/h1-5H. The fourth-order valence-electron chi connectivity index (χ4n) is 0.842. The highest BCUT2D eigenvalue weighted by Crippen LogP contribution is 2.17. The zero-order valence-electron chi connectivity index (χ0n) is 6.48. The predicted molar refractivity (Wildman–Crippen MR) is 40.8 cm³/mol. The van der Waals surface area contributed by atoms with E-state index in [4.69, 9.17) is 4.74 Å². The number of ether oxygens (including phenoxy) is 1. The Morgan fingerprint density at radius 2 is 2.31 bits per heavy atom. The van der Waals surface area contributed by atoms with Crippen molar-refractivity contribution >= 4 is 0 Å². The molecule has 0 N–H and O–H groups in total. The lowest BCUT2D eigenvalue weighted by Crippen LogP contribution is -1.86. The Morgan fingerprint density at radius 3 is 3.00 bits per heavy atom. The van der Waals surface area contributed by atoms with E-state index in [0.717, 1.165) is 6.39 Å². The van der Waals surface area contributed by atoms with E-state index in [9.17, 15) is 4.39 Å². The van der Waals surface area contributed by atoms with Gasteiger partial charge in [-0.1, -0.05) is 6.07 Å². The minimum atomic E-state index is -0.374. The van der Waals surface area contributed by atoms with Crippen LogP contribution in [0.3, 0.4) is 0 Å². The Bertz CT molecular complexity index is 389. The van der Waals surface area contributed by atoms with Gasteiger partial charge in [-0.05, 0) is 17.3 Å². The molecule has 0 atom stereocenters. The van der Waals surface area contributed by atoms with E-state index in [1.165, 1.54) is 18.2 Å². The first-order valence-electron chi connectivity index (χ1n) is 3.54. The van der Waals surface area contributed by atoms with Crippen LogP contribution in [-0.2, 0) is 0 Å². The maximum atomic E-state index is 12.7. The molecule has 66 valence electrons. The van der Waals surface area contributed by atoms with E-state index >= 15 is 0 Å². The van der Waals surface area contributed by atoms with Crippen molar-refractivity contribution < 1.29 is 13.7 Å². The Morgan fingerprint density at radius 1 is 1.38 bits per heavy atom. The summed E-state index contributed by atoms with van der Waals surface area (Å²) < 4.78 is 22.1. The Balaban J connectivity index is 2.19. The van der Waals surface area contributed by atoms with E-state index in [0.29, 0.717) is 5.75 Å². The normalized spacial score (nSPS) is 9.92. The van der Waals surface area contributed by atoms with Gasteiger partial charge >= 0.3 is 6.01 Å². The van der Waals surface area contributed by atoms with Crippen molar-refractivity contribution in [2.45, 2.75) is 0 Å². The number of halogens is 1. The van der Waals surface area contributed by atoms with Crippen LogP contribution in [0.25, 0.3) is 0 Å². The second-order valence-corrected chi connectivity index (χ2v) is 2.27. The Labute approximate surface area is 73.0 Å². The first kappa shape index (κ1) is 7.72. The third-order valence-electron chi connectivity index (χ3n) is 1.35. The lowest BCUT2D eigenvalue weighted by atomic mass is 10.3. The summed E-state index contributed by atoms with van der Waals surface area (Å²) in [7, 11) is 0. The van der Waals surface area contributed by atoms with Crippen molar-refractivity contribution in [1.29, 1.82) is 0 Å². The van der Waals surface area contributed by atoms with Gasteiger partial charge in [-0.3, -0.25) is 0 Å². The molecular formula is C8H5FN2O2. The molecule has 0 saturated heterocycles. The SMILES string of the molecule is Fc1cccc(Oc2ncon2)c1. The summed E-state index contributed by atoms with van der Waals surface area (Å²) in [5.74, 6) is -0.0394. The molecule has 2 rings (SSSR count). The fourth-order valence-corrected chi connectivity index (χ4v) is 0.842.